The van der Waals surface area contributed by atoms with Gasteiger partial charge in [0.1, 0.15) is 12.1 Å². The van der Waals surface area contributed by atoms with Crippen LogP contribution in [-0.2, 0) is 19.2 Å². The zero-order valence-electron chi connectivity index (χ0n) is 23.6. The van der Waals surface area contributed by atoms with E-state index in [0.717, 1.165) is 60.6 Å². The Morgan fingerprint density at radius 2 is 1.77 bits per heavy atom. The first kappa shape index (κ1) is 28.1. The van der Waals surface area contributed by atoms with E-state index >= 15 is 0 Å². The maximum absolute atomic E-state index is 14.3. The highest BCUT2D eigenvalue weighted by molar-refractivity contribution is 7.15. The van der Waals surface area contributed by atoms with E-state index in [4.69, 9.17) is 5.73 Å². The number of carbonyl (C=O) groups is 4. The van der Waals surface area contributed by atoms with Crippen LogP contribution in [0.25, 0.3) is 0 Å². The van der Waals surface area contributed by atoms with Gasteiger partial charge >= 0.3 is 0 Å². The number of piperidine rings is 1. The molecule has 10 heteroatoms. The zero-order chi connectivity index (χ0) is 28.1. The summed E-state index contributed by atoms with van der Waals surface area (Å²) >= 11 is 1.56. The Balaban J connectivity index is 1.39. The van der Waals surface area contributed by atoms with Crippen LogP contribution in [0.15, 0.2) is 0 Å². The Morgan fingerprint density at radius 1 is 1.08 bits per heavy atom. The lowest BCUT2D eigenvalue weighted by Crippen LogP contribution is -2.58. The van der Waals surface area contributed by atoms with Crippen LogP contribution in [0, 0.1) is 42.9 Å². The standard InChI is InChI=1S/C29H43N5O4S/c1-15-16(2)39-28(31-15)33-22(18-11-6-5-7-12-18)27(38)34-14-19-21(29(19,3)4)23(34)26(37)32-20(24(35)25(30)36)13-17-9-8-10-17/h17-23H,5-14H2,1-4H3,(H2,30,36)(H,31,33)(H,32,37)/t19?,20?,21?,22-,23-/m0/s1. The molecular weight excluding hydrogens is 514 g/mol. The summed E-state index contributed by atoms with van der Waals surface area (Å²) in [7, 11) is 0. The quantitative estimate of drug-likeness (QED) is 0.378. The van der Waals surface area contributed by atoms with Crippen molar-refractivity contribution in [3.05, 3.63) is 10.6 Å². The number of nitrogens with zero attached hydrogens (tertiary/aromatic N) is 2. The van der Waals surface area contributed by atoms with Crippen LogP contribution in [0.4, 0.5) is 5.13 Å². The SMILES string of the molecule is Cc1nc(N[C@H](C(=O)N2CC3C([C@H]2C(=O)NC(CC2CCC2)C(=O)C(N)=O)C3(C)C)C2CCCCC2)sc1C. The van der Waals surface area contributed by atoms with Crippen LogP contribution >= 0.6 is 11.3 Å². The number of aromatic nitrogens is 1. The number of ketones is 1. The lowest BCUT2D eigenvalue weighted by molar-refractivity contribution is -0.144. The third-order valence-electron chi connectivity index (χ3n) is 10.1. The Hall–Kier alpha value is -2.49. The number of rotatable bonds is 10. The largest absolute Gasteiger partial charge is 0.363 e. The van der Waals surface area contributed by atoms with Gasteiger partial charge in [-0.15, -0.1) is 11.3 Å². The molecule has 3 amide bonds. The fourth-order valence-corrected chi connectivity index (χ4v) is 8.08. The number of hydrogen-bond acceptors (Lipinski definition) is 7. The molecule has 3 unspecified atom stereocenters. The Labute approximate surface area is 235 Å². The number of nitrogens with two attached hydrogens (primary N) is 1. The number of likely N-dealkylation sites (tertiary alicyclic amines) is 1. The predicted octanol–water partition coefficient (Wildman–Crippen LogP) is 3.33. The number of primary amides is 1. The van der Waals surface area contributed by atoms with Gasteiger partial charge in [-0.3, -0.25) is 19.2 Å². The number of amides is 3. The third kappa shape index (κ3) is 5.45. The highest BCUT2D eigenvalue weighted by Crippen LogP contribution is 2.65. The van der Waals surface area contributed by atoms with E-state index in [1.807, 2.05) is 13.8 Å². The summed E-state index contributed by atoms with van der Waals surface area (Å²) in [6.07, 6.45) is 8.75. The second-order valence-corrected chi connectivity index (χ2v) is 14.1. The van der Waals surface area contributed by atoms with Gasteiger partial charge in [0.25, 0.3) is 5.91 Å². The summed E-state index contributed by atoms with van der Waals surface area (Å²) < 4.78 is 0. The summed E-state index contributed by atoms with van der Waals surface area (Å²) in [6, 6.07) is -2.06. The third-order valence-corrected chi connectivity index (χ3v) is 11.1. The van der Waals surface area contributed by atoms with E-state index in [-0.39, 0.29) is 35.0 Å². The molecule has 1 aliphatic heterocycles. The zero-order valence-corrected chi connectivity index (χ0v) is 24.4. The van der Waals surface area contributed by atoms with Gasteiger partial charge in [0.05, 0.1) is 11.7 Å². The van der Waals surface area contributed by atoms with Crippen molar-refractivity contribution in [3.8, 4) is 0 Å². The number of hydrogen-bond donors (Lipinski definition) is 3. The molecule has 4 aliphatic rings. The smallest absolute Gasteiger partial charge is 0.287 e. The van der Waals surface area contributed by atoms with Crippen molar-refractivity contribution in [2.24, 2.45) is 34.8 Å². The van der Waals surface area contributed by atoms with E-state index < -0.39 is 29.8 Å². The minimum atomic E-state index is -1.03. The van der Waals surface area contributed by atoms with E-state index in [2.05, 4.69) is 29.5 Å². The molecule has 1 aromatic rings. The molecule has 39 heavy (non-hydrogen) atoms. The molecule has 0 radical (unpaired) electrons. The summed E-state index contributed by atoms with van der Waals surface area (Å²) in [5.74, 6) is -1.47. The van der Waals surface area contributed by atoms with Gasteiger partial charge in [0.15, 0.2) is 5.13 Å². The number of aryl methyl sites for hydroxylation is 2. The molecule has 4 fully saturated rings. The fraction of sp³-hybridized carbons (Fsp3) is 0.759. The maximum Gasteiger partial charge on any atom is 0.287 e. The van der Waals surface area contributed by atoms with E-state index in [9.17, 15) is 19.2 Å². The van der Waals surface area contributed by atoms with Crippen molar-refractivity contribution >= 4 is 40.0 Å². The first-order chi connectivity index (χ1) is 18.5. The molecule has 214 valence electrons. The summed E-state index contributed by atoms with van der Waals surface area (Å²) in [6.45, 7) is 8.80. The van der Waals surface area contributed by atoms with Crippen molar-refractivity contribution in [1.29, 1.82) is 0 Å². The van der Waals surface area contributed by atoms with Crippen LogP contribution in [0.5, 0.6) is 0 Å². The predicted molar refractivity (Wildman–Crippen MR) is 150 cm³/mol. The van der Waals surface area contributed by atoms with Gasteiger partial charge in [0, 0.05) is 11.4 Å². The van der Waals surface area contributed by atoms with Crippen molar-refractivity contribution in [2.45, 2.75) is 104 Å². The van der Waals surface area contributed by atoms with Gasteiger partial charge in [-0.05, 0) is 62.2 Å². The van der Waals surface area contributed by atoms with E-state index in [1.165, 1.54) is 6.42 Å². The molecule has 1 aromatic heterocycles. The lowest BCUT2D eigenvalue weighted by Gasteiger charge is -2.37. The number of carbonyl (C=O) groups excluding carboxylic acids is 4. The second kappa shape index (κ2) is 10.8. The molecule has 3 aliphatic carbocycles. The van der Waals surface area contributed by atoms with Crippen LogP contribution < -0.4 is 16.4 Å². The summed E-state index contributed by atoms with van der Waals surface area (Å²) in [4.78, 5) is 60.2. The molecule has 5 atom stereocenters. The maximum atomic E-state index is 14.3. The molecule has 5 rings (SSSR count). The highest BCUT2D eigenvalue weighted by Gasteiger charge is 2.69. The molecule has 3 saturated carbocycles. The lowest BCUT2D eigenvalue weighted by atomic mass is 9.80. The Bertz CT molecular complexity index is 1120. The molecule has 0 spiro atoms. The van der Waals surface area contributed by atoms with E-state index in [0.29, 0.717) is 18.9 Å². The topological polar surface area (TPSA) is 134 Å². The van der Waals surface area contributed by atoms with Crippen molar-refractivity contribution in [3.63, 3.8) is 0 Å². The minimum absolute atomic E-state index is 0.0193. The number of thiazole rings is 1. The van der Waals surface area contributed by atoms with Gasteiger partial charge in [-0.25, -0.2) is 4.98 Å². The van der Waals surface area contributed by atoms with Gasteiger partial charge < -0.3 is 21.3 Å². The average Bonchev–Trinajstić information content (AvgIpc) is 3.18. The number of Topliss-reactive ketones (excluding diaryl/α,β-unsaturated/α-hetero) is 1. The molecular formula is C29H43N5O4S. The Morgan fingerprint density at radius 3 is 2.33 bits per heavy atom. The summed E-state index contributed by atoms with van der Waals surface area (Å²) in [5, 5.41) is 7.11. The van der Waals surface area contributed by atoms with Crippen molar-refractivity contribution in [2.75, 3.05) is 11.9 Å². The van der Waals surface area contributed by atoms with E-state index in [1.54, 1.807) is 16.2 Å². The minimum Gasteiger partial charge on any atom is -0.363 e. The molecule has 9 nitrogen and oxygen atoms in total. The number of nitrogens with one attached hydrogen (secondary N) is 2. The number of fused-ring (bicyclic) bond motifs is 1. The first-order valence-electron chi connectivity index (χ1n) is 14.6. The monoisotopic (exact) mass is 557 g/mol. The first-order valence-corrected chi connectivity index (χ1v) is 15.5. The van der Waals surface area contributed by atoms with Crippen molar-refractivity contribution < 1.29 is 19.2 Å². The van der Waals surface area contributed by atoms with Gasteiger partial charge in [-0.2, -0.15) is 0 Å². The fourth-order valence-electron chi connectivity index (χ4n) is 7.23. The molecule has 0 bridgehead atoms. The molecule has 4 N–H and O–H groups in total. The van der Waals surface area contributed by atoms with Gasteiger partial charge in [-0.1, -0.05) is 52.4 Å². The molecule has 1 saturated heterocycles. The second-order valence-electron chi connectivity index (χ2n) is 12.9. The Kier molecular flexibility index (Phi) is 7.79. The van der Waals surface area contributed by atoms with Crippen LogP contribution in [-0.4, -0.2) is 58.1 Å². The summed E-state index contributed by atoms with van der Waals surface area (Å²) in [5.41, 5.74) is 6.24. The van der Waals surface area contributed by atoms with Crippen LogP contribution in [0.3, 0.4) is 0 Å². The van der Waals surface area contributed by atoms with Crippen LogP contribution in [0.2, 0.25) is 0 Å². The number of anilines is 1. The average molecular weight is 558 g/mol. The van der Waals surface area contributed by atoms with Crippen molar-refractivity contribution in [1.82, 2.24) is 15.2 Å². The van der Waals surface area contributed by atoms with Gasteiger partial charge in [0.2, 0.25) is 17.6 Å². The molecule has 0 aromatic carbocycles. The van der Waals surface area contributed by atoms with Crippen LogP contribution in [0.1, 0.15) is 82.2 Å². The highest BCUT2D eigenvalue weighted by atomic mass is 32.1. The molecule has 2 heterocycles. The normalized spacial score (nSPS) is 27.7.